The standard InChI is InChI=1S/C14H24O4/c1-4-6-7-8-12(3)18-14(16)10-9-13(15)17-11-5-2/h9-10,12H,4-8,11H2,1-3H3/b10-9+. The van der Waals surface area contributed by atoms with Crippen LogP contribution in [0.15, 0.2) is 12.2 Å². The molecule has 1 unspecified atom stereocenters. The van der Waals surface area contributed by atoms with E-state index in [4.69, 9.17) is 9.47 Å². The fourth-order valence-electron chi connectivity index (χ4n) is 1.37. The summed E-state index contributed by atoms with van der Waals surface area (Å²) in [5.41, 5.74) is 0. The highest BCUT2D eigenvalue weighted by atomic mass is 16.5. The van der Waals surface area contributed by atoms with E-state index in [0.717, 1.165) is 44.3 Å². The van der Waals surface area contributed by atoms with Gasteiger partial charge in [-0.15, -0.1) is 0 Å². The van der Waals surface area contributed by atoms with Gasteiger partial charge in [0.05, 0.1) is 12.7 Å². The van der Waals surface area contributed by atoms with Crippen LogP contribution in [0, 0.1) is 0 Å². The maximum atomic E-state index is 11.3. The number of ether oxygens (including phenoxy) is 2. The van der Waals surface area contributed by atoms with Gasteiger partial charge in [0, 0.05) is 12.2 Å². The van der Waals surface area contributed by atoms with Crippen molar-refractivity contribution in [3.63, 3.8) is 0 Å². The third-order valence-electron chi connectivity index (χ3n) is 2.34. The molecule has 0 aliphatic heterocycles. The number of hydrogen-bond acceptors (Lipinski definition) is 4. The highest BCUT2D eigenvalue weighted by Crippen LogP contribution is 2.06. The molecule has 18 heavy (non-hydrogen) atoms. The summed E-state index contributed by atoms with van der Waals surface area (Å²) in [5.74, 6) is -1.00. The Morgan fingerprint density at radius 2 is 1.72 bits per heavy atom. The Morgan fingerprint density at radius 1 is 1.06 bits per heavy atom. The molecule has 0 amide bonds. The van der Waals surface area contributed by atoms with E-state index in [-0.39, 0.29) is 6.10 Å². The minimum atomic E-state index is -0.507. The number of hydrogen-bond donors (Lipinski definition) is 0. The maximum absolute atomic E-state index is 11.3. The summed E-state index contributed by atoms with van der Waals surface area (Å²) in [7, 11) is 0. The van der Waals surface area contributed by atoms with Crippen molar-refractivity contribution in [2.24, 2.45) is 0 Å². The minimum absolute atomic E-state index is 0.111. The van der Waals surface area contributed by atoms with Crippen molar-refractivity contribution < 1.29 is 19.1 Å². The van der Waals surface area contributed by atoms with E-state index in [1.807, 2.05) is 13.8 Å². The molecule has 0 aliphatic rings. The summed E-state index contributed by atoms with van der Waals surface area (Å²) in [4.78, 5) is 22.4. The second-order valence-electron chi connectivity index (χ2n) is 4.24. The van der Waals surface area contributed by atoms with E-state index in [1.165, 1.54) is 0 Å². The molecule has 104 valence electrons. The average molecular weight is 256 g/mol. The van der Waals surface area contributed by atoms with E-state index in [2.05, 4.69) is 6.92 Å². The van der Waals surface area contributed by atoms with Crippen LogP contribution in [0.1, 0.15) is 52.9 Å². The number of carbonyl (C=O) groups excluding carboxylic acids is 2. The number of esters is 2. The smallest absolute Gasteiger partial charge is 0.331 e. The molecule has 0 aromatic carbocycles. The van der Waals surface area contributed by atoms with Crippen LogP contribution in [0.2, 0.25) is 0 Å². The molecule has 0 N–H and O–H groups in total. The summed E-state index contributed by atoms with van der Waals surface area (Å²) in [6, 6.07) is 0. The first-order chi connectivity index (χ1) is 8.60. The minimum Gasteiger partial charge on any atom is -0.463 e. The van der Waals surface area contributed by atoms with Crippen LogP contribution in [0.3, 0.4) is 0 Å². The van der Waals surface area contributed by atoms with Gasteiger partial charge in [0.15, 0.2) is 0 Å². The van der Waals surface area contributed by atoms with E-state index in [0.29, 0.717) is 6.61 Å². The van der Waals surface area contributed by atoms with E-state index in [9.17, 15) is 9.59 Å². The zero-order valence-corrected chi connectivity index (χ0v) is 11.6. The third kappa shape index (κ3) is 9.87. The number of rotatable bonds is 9. The average Bonchev–Trinajstić information content (AvgIpc) is 2.34. The van der Waals surface area contributed by atoms with Gasteiger partial charge in [-0.1, -0.05) is 26.7 Å². The largest absolute Gasteiger partial charge is 0.463 e. The van der Waals surface area contributed by atoms with Gasteiger partial charge in [-0.25, -0.2) is 9.59 Å². The number of carbonyl (C=O) groups is 2. The van der Waals surface area contributed by atoms with Crippen molar-refractivity contribution in [1.29, 1.82) is 0 Å². The van der Waals surface area contributed by atoms with Crippen molar-refractivity contribution in [2.75, 3.05) is 6.61 Å². The van der Waals surface area contributed by atoms with Crippen molar-refractivity contribution in [3.8, 4) is 0 Å². The van der Waals surface area contributed by atoms with Crippen LogP contribution < -0.4 is 0 Å². The molecule has 0 radical (unpaired) electrons. The monoisotopic (exact) mass is 256 g/mol. The molecule has 4 nitrogen and oxygen atoms in total. The van der Waals surface area contributed by atoms with Gasteiger partial charge in [0.2, 0.25) is 0 Å². The van der Waals surface area contributed by atoms with Crippen molar-refractivity contribution in [2.45, 2.75) is 59.0 Å². The van der Waals surface area contributed by atoms with E-state index < -0.39 is 11.9 Å². The first kappa shape index (κ1) is 16.7. The normalized spacial score (nSPS) is 12.4. The highest BCUT2D eigenvalue weighted by Gasteiger charge is 2.07. The van der Waals surface area contributed by atoms with Crippen LogP contribution in [-0.2, 0) is 19.1 Å². The molecule has 0 fully saturated rings. The lowest BCUT2D eigenvalue weighted by atomic mass is 10.1. The van der Waals surface area contributed by atoms with Gasteiger partial charge in [0.1, 0.15) is 0 Å². The Kier molecular flexibility index (Phi) is 10.0. The first-order valence-electron chi connectivity index (χ1n) is 6.65. The zero-order chi connectivity index (χ0) is 13.8. The molecule has 0 bridgehead atoms. The Balaban J connectivity index is 3.81. The van der Waals surface area contributed by atoms with Gasteiger partial charge < -0.3 is 9.47 Å². The van der Waals surface area contributed by atoms with Crippen LogP contribution >= 0.6 is 0 Å². The molecule has 0 saturated carbocycles. The Bertz CT molecular complexity index is 271. The topological polar surface area (TPSA) is 52.6 Å². The SMILES string of the molecule is CCCCCC(C)OC(=O)/C=C/C(=O)OCCC. The number of unbranched alkanes of at least 4 members (excludes halogenated alkanes) is 2. The second-order valence-corrected chi connectivity index (χ2v) is 4.24. The molecule has 1 atom stereocenters. The third-order valence-corrected chi connectivity index (χ3v) is 2.34. The van der Waals surface area contributed by atoms with Gasteiger partial charge in [0.25, 0.3) is 0 Å². The molecular weight excluding hydrogens is 232 g/mol. The fraction of sp³-hybridized carbons (Fsp3) is 0.714. The molecule has 0 spiro atoms. The van der Waals surface area contributed by atoms with Crippen LogP contribution in [-0.4, -0.2) is 24.6 Å². The lowest BCUT2D eigenvalue weighted by Crippen LogP contribution is -2.13. The summed E-state index contributed by atoms with van der Waals surface area (Å²) in [6.07, 6.45) is 7.07. The Morgan fingerprint density at radius 3 is 2.33 bits per heavy atom. The lowest BCUT2D eigenvalue weighted by Gasteiger charge is -2.10. The molecule has 0 rings (SSSR count). The fourth-order valence-corrected chi connectivity index (χ4v) is 1.37. The van der Waals surface area contributed by atoms with Crippen LogP contribution in [0.5, 0.6) is 0 Å². The molecule has 0 heterocycles. The zero-order valence-electron chi connectivity index (χ0n) is 11.6. The molecule has 4 heteroatoms. The van der Waals surface area contributed by atoms with Crippen molar-refractivity contribution in [1.82, 2.24) is 0 Å². The van der Waals surface area contributed by atoms with E-state index >= 15 is 0 Å². The summed E-state index contributed by atoms with van der Waals surface area (Å²) >= 11 is 0. The maximum Gasteiger partial charge on any atom is 0.331 e. The van der Waals surface area contributed by atoms with Crippen molar-refractivity contribution in [3.05, 3.63) is 12.2 Å². The van der Waals surface area contributed by atoms with E-state index in [1.54, 1.807) is 0 Å². The molecule has 0 aliphatic carbocycles. The summed E-state index contributed by atoms with van der Waals surface area (Å²) < 4.78 is 9.91. The van der Waals surface area contributed by atoms with Gasteiger partial charge >= 0.3 is 11.9 Å². The van der Waals surface area contributed by atoms with Crippen LogP contribution in [0.25, 0.3) is 0 Å². The van der Waals surface area contributed by atoms with Crippen LogP contribution in [0.4, 0.5) is 0 Å². The Labute approximate surface area is 109 Å². The predicted molar refractivity (Wildman–Crippen MR) is 70.1 cm³/mol. The van der Waals surface area contributed by atoms with Gasteiger partial charge in [-0.05, 0) is 26.2 Å². The molecule has 0 saturated heterocycles. The highest BCUT2D eigenvalue weighted by molar-refractivity contribution is 5.91. The summed E-state index contributed by atoms with van der Waals surface area (Å²) in [6.45, 7) is 6.26. The molecule has 0 aromatic rings. The van der Waals surface area contributed by atoms with Gasteiger partial charge in [-0.3, -0.25) is 0 Å². The predicted octanol–water partition coefficient (Wildman–Crippen LogP) is 3.01. The second kappa shape index (κ2) is 10.8. The Hall–Kier alpha value is -1.32. The van der Waals surface area contributed by atoms with Gasteiger partial charge in [-0.2, -0.15) is 0 Å². The quantitative estimate of drug-likeness (QED) is 0.361. The first-order valence-corrected chi connectivity index (χ1v) is 6.65. The molecular formula is C14H24O4. The van der Waals surface area contributed by atoms with Crippen molar-refractivity contribution >= 4 is 11.9 Å². The summed E-state index contributed by atoms with van der Waals surface area (Å²) in [5, 5.41) is 0. The molecule has 0 aromatic heterocycles. The lowest BCUT2D eigenvalue weighted by molar-refractivity contribution is -0.143.